The standard InChI is InChI=1S/C16H14FN3O5/c1-19-13-5-9(3-4-14(13)25-8-15(19)21)18-12-7-10(24-2)6-11(17)16(12)20(22)23/h3-7,18H,8H2,1-2H3. The van der Waals surface area contributed by atoms with E-state index in [1.807, 2.05) is 0 Å². The molecule has 0 atom stereocenters. The third kappa shape index (κ3) is 3.03. The summed E-state index contributed by atoms with van der Waals surface area (Å²) >= 11 is 0. The van der Waals surface area contributed by atoms with Crippen molar-refractivity contribution in [2.24, 2.45) is 0 Å². The number of carbonyl (C=O) groups excluding carboxylic acids is 1. The van der Waals surface area contributed by atoms with E-state index in [0.717, 1.165) is 6.07 Å². The van der Waals surface area contributed by atoms with Gasteiger partial charge in [0.25, 0.3) is 5.91 Å². The summed E-state index contributed by atoms with van der Waals surface area (Å²) in [7, 11) is 2.93. The summed E-state index contributed by atoms with van der Waals surface area (Å²) in [4.78, 5) is 23.5. The van der Waals surface area contributed by atoms with Gasteiger partial charge in [0.2, 0.25) is 5.82 Å². The van der Waals surface area contributed by atoms with Crippen molar-refractivity contribution < 1.29 is 23.6 Å². The van der Waals surface area contributed by atoms with Gasteiger partial charge in [-0.15, -0.1) is 0 Å². The van der Waals surface area contributed by atoms with Crippen LogP contribution in [0.2, 0.25) is 0 Å². The molecule has 0 bridgehead atoms. The molecule has 0 fully saturated rings. The van der Waals surface area contributed by atoms with Gasteiger partial charge in [-0.1, -0.05) is 0 Å². The maximum absolute atomic E-state index is 14.0. The van der Waals surface area contributed by atoms with Crippen LogP contribution in [-0.2, 0) is 4.79 Å². The quantitative estimate of drug-likeness (QED) is 0.675. The average Bonchev–Trinajstić information content (AvgIpc) is 2.57. The number of hydrogen-bond acceptors (Lipinski definition) is 6. The molecule has 3 rings (SSSR count). The van der Waals surface area contributed by atoms with Crippen molar-refractivity contribution in [1.82, 2.24) is 0 Å². The van der Waals surface area contributed by atoms with Crippen LogP contribution >= 0.6 is 0 Å². The minimum Gasteiger partial charge on any atom is -0.497 e. The fourth-order valence-corrected chi connectivity index (χ4v) is 2.48. The van der Waals surface area contributed by atoms with Gasteiger partial charge in [-0.3, -0.25) is 14.9 Å². The first-order valence-corrected chi connectivity index (χ1v) is 7.23. The lowest BCUT2D eigenvalue weighted by molar-refractivity contribution is -0.386. The largest absolute Gasteiger partial charge is 0.497 e. The maximum atomic E-state index is 14.0. The molecule has 0 aliphatic carbocycles. The van der Waals surface area contributed by atoms with Crippen LogP contribution in [-0.4, -0.2) is 31.6 Å². The fraction of sp³-hybridized carbons (Fsp3) is 0.188. The average molecular weight is 347 g/mol. The normalized spacial score (nSPS) is 13.1. The third-order valence-corrected chi connectivity index (χ3v) is 3.78. The van der Waals surface area contributed by atoms with Gasteiger partial charge in [0.1, 0.15) is 17.2 Å². The van der Waals surface area contributed by atoms with Gasteiger partial charge in [-0.25, -0.2) is 0 Å². The smallest absolute Gasteiger partial charge is 0.328 e. The van der Waals surface area contributed by atoms with E-state index in [2.05, 4.69) is 5.32 Å². The number of halogens is 1. The van der Waals surface area contributed by atoms with Gasteiger partial charge in [0.05, 0.1) is 17.7 Å². The highest BCUT2D eigenvalue weighted by molar-refractivity contribution is 5.98. The predicted molar refractivity (Wildman–Crippen MR) is 88.2 cm³/mol. The van der Waals surface area contributed by atoms with Crippen molar-refractivity contribution in [1.29, 1.82) is 0 Å². The van der Waals surface area contributed by atoms with Gasteiger partial charge < -0.3 is 19.7 Å². The number of fused-ring (bicyclic) bond motifs is 1. The first-order valence-electron chi connectivity index (χ1n) is 7.23. The minimum atomic E-state index is -1.01. The fourth-order valence-electron chi connectivity index (χ4n) is 2.48. The van der Waals surface area contributed by atoms with E-state index in [1.165, 1.54) is 18.1 Å². The molecule has 1 aliphatic heterocycles. The zero-order valence-corrected chi connectivity index (χ0v) is 13.4. The lowest BCUT2D eigenvalue weighted by Crippen LogP contribution is -2.35. The zero-order chi connectivity index (χ0) is 18.1. The number of nitro groups is 1. The molecular formula is C16H14FN3O5. The molecule has 130 valence electrons. The number of carbonyl (C=O) groups is 1. The van der Waals surface area contributed by atoms with E-state index in [1.54, 1.807) is 25.2 Å². The van der Waals surface area contributed by atoms with Crippen LogP contribution in [0.1, 0.15) is 0 Å². The first kappa shape index (κ1) is 16.5. The molecule has 1 N–H and O–H groups in total. The van der Waals surface area contributed by atoms with E-state index >= 15 is 0 Å². The predicted octanol–water partition coefficient (Wildman–Crippen LogP) is 2.84. The molecule has 8 nitrogen and oxygen atoms in total. The Morgan fingerprint density at radius 2 is 2.12 bits per heavy atom. The van der Waals surface area contributed by atoms with Crippen LogP contribution in [0.5, 0.6) is 11.5 Å². The van der Waals surface area contributed by atoms with E-state index in [4.69, 9.17) is 9.47 Å². The molecule has 2 aromatic rings. The van der Waals surface area contributed by atoms with Gasteiger partial charge >= 0.3 is 5.69 Å². The summed E-state index contributed by atoms with van der Waals surface area (Å²) in [5.41, 5.74) is 0.179. The summed E-state index contributed by atoms with van der Waals surface area (Å²) in [5, 5.41) is 14.0. The topological polar surface area (TPSA) is 93.9 Å². The number of ether oxygens (including phenoxy) is 2. The summed E-state index contributed by atoms with van der Waals surface area (Å²) < 4.78 is 24.3. The lowest BCUT2D eigenvalue weighted by atomic mass is 10.2. The van der Waals surface area contributed by atoms with Gasteiger partial charge in [-0.2, -0.15) is 4.39 Å². The Morgan fingerprint density at radius 3 is 2.80 bits per heavy atom. The number of methoxy groups -OCH3 is 1. The molecular weight excluding hydrogens is 333 g/mol. The van der Waals surface area contributed by atoms with Crippen LogP contribution in [0.15, 0.2) is 30.3 Å². The Hall–Kier alpha value is -3.36. The molecule has 0 unspecified atom stereocenters. The van der Waals surface area contributed by atoms with E-state index in [-0.39, 0.29) is 24.0 Å². The number of hydrogen-bond donors (Lipinski definition) is 1. The Bertz CT molecular complexity index is 871. The maximum Gasteiger partial charge on any atom is 0.328 e. The number of anilines is 3. The summed E-state index contributed by atoms with van der Waals surface area (Å²) in [6, 6.07) is 7.10. The van der Waals surface area contributed by atoms with Crippen LogP contribution in [0.3, 0.4) is 0 Å². The number of nitrogens with one attached hydrogen (secondary N) is 1. The Labute approximate surface area is 141 Å². The van der Waals surface area contributed by atoms with Crippen LogP contribution in [0.4, 0.5) is 27.1 Å². The van der Waals surface area contributed by atoms with Crippen molar-refractivity contribution in [3.63, 3.8) is 0 Å². The molecule has 0 saturated heterocycles. The van der Waals surface area contributed by atoms with Crippen molar-refractivity contribution >= 4 is 28.7 Å². The Morgan fingerprint density at radius 1 is 1.36 bits per heavy atom. The van der Waals surface area contributed by atoms with Crippen LogP contribution < -0.4 is 19.7 Å². The lowest BCUT2D eigenvalue weighted by Gasteiger charge is -2.26. The molecule has 0 saturated carbocycles. The summed E-state index contributed by atoms with van der Waals surface area (Å²) in [5.74, 6) is -0.582. The number of amides is 1. The monoisotopic (exact) mass is 347 g/mol. The second-order valence-corrected chi connectivity index (χ2v) is 5.31. The zero-order valence-electron chi connectivity index (χ0n) is 13.4. The van der Waals surface area contributed by atoms with E-state index in [0.29, 0.717) is 17.1 Å². The van der Waals surface area contributed by atoms with Crippen molar-refractivity contribution in [2.75, 3.05) is 31.0 Å². The third-order valence-electron chi connectivity index (χ3n) is 3.78. The highest BCUT2D eigenvalue weighted by Gasteiger charge is 2.25. The van der Waals surface area contributed by atoms with Crippen molar-refractivity contribution in [2.45, 2.75) is 0 Å². The van der Waals surface area contributed by atoms with Gasteiger partial charge in [0.15, 0.2) is 6.61 Å². The van der Waals surface area contributed by atoms with Crippen LogP contribution in [0, 0.1) is 15.9 Å². The number of nitro benzene ring substituents is 1. The number of rotatable bonds is 4. The van der Waals surface area contributed by atoms with E-state index in [9.17, 15) is 19.3 Å². The number of nitrogens with zero attached hydrogens (tertiary/aromatic N) is 2. The molecule has 0 radical (unpaired) electrons. The van der Waals surface area contributed by atoms with Gasteiger partial charge in [-0.05, 0) is 18.2 Å². The molecule has 1 amide bonds. The van der Waals surface area contributed by atoms with Crippen molar-refractivity contribution in [3.8, 4) is 11.5 Å². The molecule has 1 heterocycles. The molecule has 2 aromatic carbocycles. The van der Waals surface area contributed by atoms with Crippen molar-refractivity contribution in [3.05, 3.63) is 46.3 Å². The Balaban J connectivity index is 2.02. The molecule has 0 aromatic heterocycles. The minimum absolute atomic E-state index is 0.0527. The second kappa shape index (κ2) is 6.27. The molecule has 1 aliphatic rings. The second-order valence-electron chi connectivity index (χ2n) is 5.31. The summed E-state index contributed by atoms with van der Waals surface area (Å²) in [6.07, 6.45) is 0. The highest BCUT2D eigenvalue weighted by Crippen LogP contribution is 2.38. The van der Waals surface area contributed by atoms with Gasteiger partial charge in [0, 0.05) is 24.9 Å². The highest BCUT2D eigenvalue weighted by atomic mass is 19.1. The van der Waals surface area contributed by atoms with E-state index < -0.39 is 16.4 Å². The first-order chi connectivity index (χ1) is 11.9. The summed E-state index contributed by atoms with van der Waals surface area (Å²) in [6.45, 7) is -0.0527. The Kier molecular flexibility index (Phi) is 4.14. The molecule has 9 heteroatoms. The number of likely N-dealkylation sites (N-methyl/N-ethyl adjacent to an activating group) is 1. The number of benzene rings is 2. The molecule has 25 heavy (non-hydrogen) atoms. The SMILES string of the molecule is COc1cc(F)c([N+](=O)[O-])c(Nc2ccc3c(c2)N(C)C(=O)CO3)c1. The van der Waals surface area contributed by atoms with Crippen LogP contribution in [0.25, 0.3) is 0 Å². The molecule has 0 spiro atoms.